The zero-order valence-corrected chi connectivity index (χ0v) is 13.1. The van der Waals surface area contributed by atoms with Crippen LogP contribution in [0, 0.1) is 0 Å². The predicted octanol–water partition coefficient (Wildman–Crippen LogP) is 2.77. The highest BCUT2D eigenvalue weighted by molar-refractivity contribution is 5.65. The molecule has 23 heavy (non-hydrogen) atoms. The molecule has 0 amide bonds. The summed E-state index contributed by atoms with van der Waals surface area (Å²) in [6, 6.07) is 12.1. The monoisotopic (exact) mass is 309 g/mol. The van der Waals surface area contributed by atoms with Crippen molar-refractivity contribution in [1.82, 2.24) is 19.6 Å². The van der Waals surface area contributed by atoms with Gasteiger partial charge in [-0.2, -0.15) is 14.6 Å². The van der Waals surface area contributed by atoms with E-state index in [1.54, 1.807) is 11.6 Å². The van der Waals surface area contributed by atoms with Crippen molar-refractivity contribution >= 4 is 11.6 Å². The zero-order chi connectivity index (χ0) is 15.7. The van der Waals surface area contributed by atoms with E-state index in [4.69, 9.17) is 4.74 Å². The van der Waals surface area contributed by atoms with Gasteiger partial charge in [0.25, 0.3) is 5.78 Å². The van der Waals surface area contributed by atoms with Gasteiger partial charge in [-0.1, -0.05) is 30.3 Å². The first-order valence-corrected chi connectivity index (χ1v) is 7.85. The normalized spacial score (nSPS) is 16.2. The first-order valence-electron chi connectivity index (χ1n) is 7.85. The van der Waals surface area contributed by atoms with Crippen LogP contribution in [-0.4, -0.2) is 38.8 Å². The molecule has 1 saturated carbocycles. The summed E-state index contributed by atoms with van der Waals surface area (Å²) in [5.74, 6) is 1.48. The van der Waals surface area contributed by atoms with E-state index >= 15 is 0 Å². The Hall–Kier alpha value is -2.47. The molecule has 0 aliphatic heterocycles. The third-order valence-corrected chi connectivity index (χ3v) is 4.61. The smallest absolute Gasteiger partial charge is 0.254 e. The Morgan fingerprint density at radius 2 is 2.09 bits per heavy atom. The van der Waals surface area contributed by atoms with Gasteiger partial charge in [-0.25, -0.2) is 4.98 Å². The summed E-state index contributed by atoms with van der Waals surface area (Å²) in [6.45, 7) is 0.761. The van der Waals surface area contributed by atoms with Crippen molar-refractivity contribution in [2.75, 3.05) is 19.0 Å². The van der Waals surface area contributed by atoms with Crippen LogP contribution in [0.5, 0.6) is 0 Å². The molecule has 6 nitrogen and oxygen atoms in total. The molecule has 6 heteroatoms. The van der Waals surface area contributed by atoms with Crippen LogP contribution >= 0.6 is 0 Å². The molecule has 1 aromatic carbocycles. The molecular formula is C17H19N5O. The molecule has 0 spiro atoms. The minimum Gasteiger partial charge on any atom is -0.376 e. The Kier molecular flexibility index (Phi) is 3.46. The highest BCUT2D eigenvalue weighted by Crippen LogP contribution is 2.35. The van der Waals surface area contributed by atoms with Crippen molar-refractivity contribution in [3.05, 3.63) is 42.7 Å². The van der Waals surface area contributed by atoms with Gasteiger partial charge in [0, 0.05) is 25.3 Å². The molecule has 0 unspecified atom stereocenters. The molecule has 2 aromatic heterocycles. The third kappa shape index (κ3) is 2.55. The average Bonchev–Trinajstić information content (AvgIpc) is 3.03. The van der Waals surface area contributed by atoms with Crippen LogP contribution in [0.2, 0.25) is 0 Å². The fourth-order valence-electron chi connectivity index (χ4n) is 2.97. The molecule has 1 N–H and O–H groups in total. The molecule has 1 aliphatic carbocycles. The maximum absolute atomic E-state index is 5.68. The van der Waals surface area contributed by atoms with Gasteiger partial charge in [-0.3, -0.25) is 0 Å². The standard InChI is InChI=1S/C17H19N5O/c1-23-17(8-5-9-17)11-18-15-10-14(13-6-3-2-4-7-13)21-16-19-12-20-22(15)16/h2-4,6-7,10,12,18H,5,8-9,11H2,1H3. The third-order valence-electron chi connectivity index (χ3n) is 4.61. The number of ether oxygens (including phenoxy) is 1. The van der Waals surface area contributed by atoms with Crippen LogP contribution in [0.15, 0.2) is 42.7 Å². The second kappa shape index (κ2) is 5.62. The summed E-state index contributed by atoms with van der Waals surface area (Å²) >= 11 is 0. The molecule has 4 rings (SSSR count). The molecule has 1 fully saturated rings. The van der Waals surface area contributed by atoms with Gasteiger partial charge < -0.3 is 10.1 Å². The molecule has 0 saturated heterocycles. The quantitative estimate of drug-likeness (QED) is 0.785. The summed E-state index contributed by atoms with van der Waals surface area (Å²) in [6.07, 6.45) is 4.93. The van der Waals surface area contributed by atoms with Gasteiger partial charge in [0.2, 0.25) is 0 Å². The maximum atomic E-state index is 5.68. The Bertz CT molecular complexity index is 805. The number of aromatic nitrogens is 4. The molecule has 0 radical (unpaired) electrons. The Labute approximate surface area is 134 Å². The van der Waals surface area contributed by atoms with E-state index in [0.29, 0.717) is 5.78 Å². The van der Waals surface area contributed by atoms with Crippen molar-refractivity contribution in [3.63, 3.8) is 0 Å². The van der Waals surface area contributed by atoms with E-state index in [9.17, 15) is 0 Å². The van der Waals surface area contributed by atoms with Crippen LogP contribution in [0.3, 0.4) is 0 Å². The lowest BCUT2D eigenvalue weighted by Crippen LogP contribution is -2.45. The number of nitrogens with one attached hydrogen (secondary N) is 1. The van der Waals surface area contributed by atoms with Crippen molar-refractivity contribution < 1.29 is 4.74 Å². The second-order valence-electron chi connectivity index (χ2n) is 5.96. The Morgan fingerprint density at radius 1 is 1.26 bits per heavy atom. The van der Waals surface area contributed by atoms with Crippen molar-refractivity contribution in [2.45, 2.75) is 24.9 Å². The lowest BCUT2D eigenvalue weighted by Gasteiger charge is -2.40. The summed E-state index contributed by atoms with van der Waals surface area (Å²) in [5, 5.41) is 7.74. The van der Waals surface area contributed by atoms with Crippen molar-refractivity contribution in [1.29, 1.82) is 0 Å². The molecular weight excluding hydrogens is 290 g/mol. The topological polar surface area (TPSA) is 64.3 Å². The number of hydrogen-bond acceptors (Lipinski definition) is 5. The van der Waals surface area contributed by atoms with Gasteiger partial charge in [-0.15, -0.1) is 0 Å². The minimum absolute atomic E-state index is 0.0525. The lowest BCUT2D eigenvalue weighted by molar-refractivity contribution is -0.0601. The fraction of sp³-hybridized carbons (Fsp3) is 0.353. The number of nitrogens with zero attached hydrogens (tertiary/aromatic N) is 4. The van der Waals surface area contributed by atoms with Crippen LogP contribution < -0.4 is 5.32 Å². The maximum Gasteiger partial charge on any atom is 0.254 e. The van der Waals surface area contributed by atoms with E-state index in [-0.39, 0.29) is 5.60 Å². The SMILES string of the molecule is COC1(CNc2cc(-c3ccccc3)nc3ncnn23)CCC1. The van der Waals surface area contributed by atoms with Gasteiger partial charge in [0.15, 0.2) is 0 Å². The fourth-order valence-corrected chi connectivity index (χ4v) is 2.97. The number of anilines is 1. The summed E-state index contributed by atoms with van der Waals surface area (Å²) < 4.78 is 7.41. The summed E-state index contributed by atoms with van der Waals surface area (Å²) in [7, 11) is 1.79. The number of benzene rings is 1. The van der Waals surface area contributed by atoms with Crippen molar-refractivity contribution in [3.8, 4) is 11.3 Å². The first kappa shape index (κ1) is 14.1. The van der Waals surface area contributed by atoms with E-state index in [2.05, 4.69) is 20.4 Å². The first-order chi connectivity index (χ1) is 11.3. The molecule has 1 aliphatic rings. The molecule has 118 valence electrons. The Balaban J connectivity index is 1.69. The summed E-state index contributed by atoms with van der Waals surface area (Å²) in [4.78, 5) is 8.82. The largest absolute Gasteiger partial charge is 0.376 e. The van der Waals surface area contributed by atoms with Gasteiger partial charge in [0.1, 0.15) is 12.1 Å². The number of methoxy groups -OCH3 is 1. The predicted molar refractivity (Wildman–Crippen MR) is 88.3 cm³/mol. The van der Waals surface area contributed by atoms with Crippen LogP contribution in [0.25, 0.3) is 17.0 Å². The average molecular weight is 309 g/mol. The summed E-state index contributed by atoms with van der Waals surface area (Å²) in [5.41, 5.74) is 1.89. The van der Waals surface area contributed by atoms with Gasteiger partial charge in [0.05, 0.1) is 11.3 Å². The van der Waals surface area contributed by atoms with Crippen LogP contribution in [-0.2, 0) is 4.74 Å². The molecule has 0 bridgehead atoms. The molecule has 2 heterocycles. The Morgan fingerprint density at radius 3 is 2.78 bits per heavy atom. The number of rotatable bonds is 5. The highest BCUT2D eigenvalue weighted by atomic mass is 16.5. The van der Waals surface area contributed by atoms with Crippen molar-refractivity contribution in [2.24, 2.45) is 0 Å². The zero-order valence-electron chi connectivity index (χ0n) is 13.1. The minimum atomic E-state index is -0.0525. The van der Waals surface area contributed by atoms with Gasteiger partial charge >= 0.3 is 0 Å². The van der Waals surface area contributed by atoms with E-state index in [1.807, 2.05) is 36.4 Å². The highest BCUT2D eigenvalue weighted by Gasteiger charge is 2.36. The number of hydrogen-bond donors (Lipinski definition) is 1. The van der Waals surface area contributed by atoms with Crippen LogP contribution in [0.4, 0.5) is 5.82 Å². The molecule has 0 atom stereocenters. The number of fused-ring (bicyclic) bond motifs is 1. The van der Waals surface area contributed by atoms with Crippen LogP contribution in [0.1, 0.15) is 19.3 Å². The second-order valence-corrected chi connectivity index (χ2v) is 5.96. The van der Waals surface area contributed by atoms with Gasteiger partial charge in [-0.05, 0) is 19.3 Å². The van der Waals surface area contributed by atoms with E-state index in [1.165, 1.54) is 12.7 Å². The van der Waals surface area contributed by atoms with E-state index in [0.717, 1.165) is 36.5 Å². The van der Waals surface area contributed by atoms with E-state index < -0.39 is 0 Å². The lowest BCUT2D eigenvalue weighted by atomic mass is 9.80. The molecule has 3 aromatic rings.